The Balaban J connectivity index is 0. The van der Waals surface area contributed by atoms with Gasteiger partial charge in [0.15, 0.2) is 0 Å². The van der Waals surface area contributed by atoms with Gasteiger partial charge in [0.25, 0.3) is 0 Å². The van der Waals surface area contributed by atoms with Crippen molar-refractivity contribution in [3.05, 3.63) is 0 Å². The monoisotopic (exact) mass is 473 g/mol. The summed E-state index contributed by atoms with van der Waals surface area (Å²) in [5.41, 5.74) is 0. The second-order valence-corrected chi connectivity index (χ2v) is 9.36. The third-order valence-electron chi connectivity index (χ3n) is 5.59. The van der Waals surface area contributed by atoms with Crippen molar-refractivity contribution in [2.24, 2.45) is 0 Å². The quantitative estimate of drug-likeness (QED) is 0.145. The summed E-state index contributed by atoms with van der Waals surface area (Å²) < 4.78 is 5.68. The van der Waals surface area contributed by atoms with Crippen LogP contribution < -0.4 is 0 Å². The Morgan fingerprint density at radius 3 is 1.24 bits per heavy atom. The molecule has 6 heteroatoms. The van der Waals surface area contributed by atoms with Crippen LogP contribution in [0.5, 0.6) is 0 Å². The van der Waals surface area contributed by atoms with Crippen LogP contribution in [0.1, 0.15) is 129 Å². The van der Waals surface area contributed by atoms with Gasteiger partial charge < -0.3 is 19.8 Å². The molecule has 33 heavy (non-hydrogen) atoms. The van der Waals surface area contributed by atoms with E-state index < -0.39 is 11.9 Å². The van der Waals surface area contributed by atoms with E-state index in [0.717, 1.165) is 26.2 Å². The first kappa shape index (κ1) is 34.0. The molecule has 0 aliphatic heterocycles. The average Bonchev–Trinajstić information content (AvgIpc) is 2.76. The lowest BCUT2D eigenvalue weighted by molar-refractivity contribution is -0.143. The average molecular weight is 474 g/mol. The van der Waals surface area contributed by atoms with Crippen LogP contribution in [0.2, 0.25) is 0 Å². The predicted molar refractivity (Wildman–Crippen MR) is 138 cm³/mol. The van der Waals surface area contributed by atoms with Gasteiger partial charge in [0, 0.05) is 13.2 Å². The highest BCUT2D eigenvalue weighted by atomic mass is 16.5. The maximum atomic E-state index is 9.64. The van der Waals surface area contributed by atoms with Crippen molar-refractivity contribution in [3.8, 4) is 0 Å². The van der Waals surface area contributed by atoms with Crippen LogP contribution in [-0.4, -0.2) is 60.9 Å². The standard InChI is InChI=1S/C23H49NO.C4H6O4/c1-4-5-6-7-8-9-10-11-12-13-14-15-16-17-18-19-22-25-23-20-21-24(2)3;5-3(6)1-2-4(7)8/h4-23H2,1-3H3;1-2H2,(H,5,6)(H,7,8). The lowest BCUT2D eigenvalue weighted by Gasteiger charge is -2.09. The first-order valence-corrected chi connectivity index (χ1v) is 13.6. The smallest absolute Gasteiger partial charge is 0.303 e. The molecule has 0 spiro atoms. The summed E-state index contributed by atoms with van der Waals surface area (Å²) in [6, 6.07) is 0. The van der Waals surface area contributed by atoms with Gasteiger partial charge in [-0.15, -0.1) is 0 Å². The maximum absolute atomic E-state index is 9.64. The Bertz CT molecular complexity index is 401. The number of unbranched alkanes of at least 4 members (excludes halogenated alkanes) is 15. The zero-order valence-corrected chi connectivity index (χ0v) is 22.1. The second kappa shape index (κ2) is 28.9. The van der Waals surface area contributed by atoms with E-state index >= 15 is 0 Å². The number of rotatable bonds is 24. The van der Waals surface area contributed by atoms with E-state index in [-0.39, 0.29) is 12.8 Å². The molecule has 0 heterocycles. The fourth-order valence-corrected chi connectivity index (χ4v) is 3.55. The van der Waals surface area contributed by atoms with Crippen LogP contribution >= 0.6 is 0 Å². The van der Waals surface area contributed by atoms with Crippen LogP contribution in [0.4, 0.5) is 0 Å². The molecular formula is C27H55NO5. The van der Waals surface area contributed by atoms with Gasteiger partial charge in [-0.05, 0) is 33.5 Å². The molecule has 0 radical (unpaired) electrons. The molecule has 0 atom stereocenters. The molecule has 0 saturated heterocycles. The Hall–Kier alpha value is -1.14. The van der Waals surface area contributed by atoms with Gasteiger partial charge >= 0.3 is 11.9 Å². The van der Waals surface area contributed by atoms with Gasteiger partial charge in [0.05, 0.1) is 12.8 Å². The Morgan fingerprint density at radius 2 is 0.909 bits per heavy atom. The van der Waals surface area contributed by atoms with Gasteiger partial charge in [-0.1, -0.05) is 103 Å². The molecule has 6 nitrogen and oxygen atoms in total. The summed E-state index contributed by atoms with van der Waals surface area (Å²) in [6.45, 7) is 5.32. The van der Waals surface area contributed by atoms with Crippen molar-refractivity contribution in [2.45, 2.75) is 129 Å². The highest BCUT2D eigenvalue weighted by molar-refractivity contribution is 5.75. The minimum atomic E-state index is -1.08. The predicted octanol–water partition coefficient (Wildman–Crippen LogP) is 7.15. The van der Waals surface area contributed by atoms with E-state index in [9.17, 15) is 9.59 Å². The molecule has 0 aromatic carbocycles. The molecule has 0 rings (SSSR count). The van der Waals surface area contributed by atoms with Crippen molar-refractivity contribution >= 4 is 11.9 Å². The topological polar surface area (TPSA) is 87.1 Å². The first-order chi connectivity index (χ1) is 15.9. The van der Waals surface area contributed by atoms with E-state index in [1.54, 1.807) is 0 Å². The summed E-state index contributed by atoms with van der Waals surface area (Å²) in [5.74, 6) is -2.15. The van der Waals surface area contributed by atoms with Crippen LogP contribution in [-0.2, 0) is 14.3 Å². The molecule has 0 amide bonds. The van der Waals surface area contributed by atoms with E-state index in [4.69, 9.17) is 14.9 Å². The summed E-state index contributed by atoms with van der Waals surface area (Å²) in [6.07, 6.45) is 23.4. The number of carboxylic acid groups (broad SMARTS) is 2. The SMILES string of the molecule is CCCCCCCCCCCCCCCCCCOCCCN(C)C.O=C(O)CCC(=O)O. The second-order valence-electron chi connectivity index (χ2n) is 9.36. The summed E-state index contributed by atoms with van der Waals surface area (Å²) >= 11 is 0. The number of carbonyl (C=O) groups is 2. The van der Waals surface area contributed by atoms with Crippen molar-refractivity contribution in [1.82, 2.24) is 4.90 Å². The minimum Gasteiger partial charge on any atom is -0.481 e. The number of aliphatic carboxylic acids is 2. The van der Waals surface area contributed by atoms with Crippen molar-refractivity contribution in [3.63, 3.8) is 0 Å². The van der Waals surface area contributed by atoms with Crippen LogP contribution in [0, 0.1) is 0 Å². The normalized spacial score (nSPS) is 10.8. The van der Waals surface area contributed by atoms with Gasteiger partial charge in [-0.2, -0.15) is 0 Å². The number of nitrogens with zero attached hydrogens (tertiary/aromatic N) is 1. The lowest BCUT2D eigenvalue weighted by atomic mass is 10.0. The highest BCUT2D eigenvalue weighted by Gasteiger charge is 2.00. The van der Waals surface area contributed by atoms with Gasteiger partial charge in [-0.3, -0.25) is 9.59 Å². The van der Waals surface area contributed by atoms with Crippen molar-refractivity contribution in [1.29, 1.82) is 0 Å². The lowest BCUT2D eigenvalue weighted by Crippen LogP contribution is -2.14. The fraction of sp³-hybridized carbons (Fsp3) is 0.926. The summed E-state index contributed by atoms with van der Waals surface area (Å²) in [4.78, 5) is 21.5. The molecule has 0 aromatic rings. The van der Waals surface area contributed by atoms with Crippen LogP contribution in [0.3, 0.4) is 0 Å². The molecule has 0 bridgehead atoms. The molecule has 0 fully saturated rings. The largest absolute Gasteiger partial charge is 0.481 e. The summed E-state index contributed by atoms with van der Waals surface area (Å²) in [7, 11) is 4.24. The number of carboxylic acids is 2. The van der Waals surface area contributed by atoms with Crippen LogP contribution in [0.15, 0.2) is 0 Å². The molecule has 0 aliphatic carbocycles. The van der Waals surface area contributed by atoms with Gasteiger partial charge in [0.2, 0.25) is 0 Å². The summed E-state index contributed by atoms with van der Waals surface area (Å²) in [5, 5.41) is 15.8. The van der Waals surface area contributed by atoms with Crippen molar-refractivity contribution in [2.75, 3.05) is 33.9 Å². The third-order valence-corrected chi connectivity index (χ3v) is 5.59. The minimum absolute atomic E-state index is 0.296. The number of hydrogen-bond acceptors (Lipinski definition) is 4. The van der Waals surface area contributed by atoms with Gasteiger partial charge in [0.1, 0.15) is 0 Å². The van der Waals surface area contributed by atoms with Gasteiger partial charge in [-0.25, -0.2) is 0 Å². The Labute approximate surface area is 204 Å². The van der Waals surface area contributed by atoms with E-state index in [2.05, 4.69) is 25.9 Å². The fourth-order valence-electron chi connectivity index (χ4n) is 3.55. The van der Waals surface area contributed by atoms with Crippen molar-refractivity contribution < 1.29 is 24.5 Å². The van der Waals surface area contributed by atoms with Crippen LogP contribution in [0.25, 0.3) is 0 Å². The third kappa shape index (κ3) is 38.4. The highest BCUT2D eigenvalue weighted by Crippen LogP contribution is 2.13. The Morgan fingerprint density at radius 1 is 0.576 bits per heavy atom. The van der Waals surface area contributed by atoms with E-state index in [1.807, 2.05) is 0 Å². The number of ether oxygens (including phenoxy) is 1. The first-order valence-electron chi connectivity index (χ1n) is 13.6. The molecule has 198 valence electrons. The van der Waals surface area contributed by atoms with E-state index in [0.29, 0.717) is 0 Å². The Kier molecular flexibility index (Phi) is 29.8. The number of hydrogen-bond donors (Lipinski definition) is 2. The molecule has 2 N–H and O–H groups in total. The maximum Gasteiger partial charge on any atom is 0.303 e. The van der Waals surface area contributed by atoms with E-state index in [1.165, 1.54) is 103 Å². The molecular weight excluding hydrogens is 418 g/mol. The molecule has 0 aromatic heterocycles. The zero-order chi connectivity index (χ0) is 25.0. The molecule has 0 saturated carbocycles. The molecule has 0 aliphatic rings. The zero-order valence-electron chi connectivity index (χ0n) is 22.1. The molecule has 0 unspecified atom stereocenters.